The van der Waals surface area contributed by atoms with E-state index in [9.17, 15) is 0 Å². The molecular weight excluding hydrogens is 240 g/mol. The van der Waals surface area contributed by atoms with Crippen LogP contribution in [-0.4, -0.2) is 31.9 Å². The lowest BCUT2D eigenvalue weighted by molar-refractivity contribution is 0.0445. The molecule has 19 heavy (non-hydrogen) atoms. The van der Waals surface area contributed by atoms with Crippen LogP contribution < -0.4 is 15.4 Å². The van der Waals surface area contributed by atoms with Crippen LogP contribution in [0.25, 0.3) is 0 Å². The standard InChI is InChI=1S/C15H22N2O2/c1-15(5-8-18-9-6-15)17-11-12-3-2-4-13-14(12)19-10-7-16-13/h2-4,16-17H,5-11H2,1H3. The molecule has 0 radical (unpaired) electrons. The summed E-state index contributed by atoms with van der Waals surface area (Å²) in [5, 5.41) is 7.05. The van der Waals surface area contributed by atoms with E-state index in [0.29, 0.717) is 0 Å². The van der Waals surface area contributed by atoms with Gasteiger partial charge in [0.1, 0.15) is 12.4 Å². The van der Waals surface area contributed by atoms with Crippen LogP contribution in [0.2, 0.25) is 0 Å². The zero-order valence-corrected chi connectivity index (χ0v) is 11.5. The van der Waals surface area contributed by atoms with Gasteiger partial charge in [-0.15, -0.1) is 0 Å². The van der Waals surface area contributed by atoms with Crippen LogP contribution in [0.4, 0.5) is 5.69 Å². The number of benzene rings is 1. The second-order valence-corrected chi connectivity index (χ2v) is 5.60. The summed E-state index contributed by atoms with van der Waals surface area (Å²) in [5.74, 6) is 1.01. The first-order valence-corrected chi connectivity index (χ1v) is 7.08. The molecule has 4 heteroatoms. The van der Waals surface area contributed by atoms with Crippen LogP contribution in [-0.2, 0) is 11.3 Å². The Morgan fingerprint density at radius 3 is 2.95 bits per heavy atom. The van der Waals surface area contributed by atoms with Gasteiger partial charge in [0.2, 0.25) is 0 Å². The third kappa shape index (κ3) is 2.85. The Hall–Kier alpha value is -1.26. The van der Waals surface area contributed by atoms with Crippen molar-refractivity contribution in [2.24, 2.45) is 0 Å². The lowest BCUT2D eigenvalue weighted by Crippen LogP contribution is -2.46. The highest BCUT2D eigenvalue weighted by molar-refractivity contribution is 5.61. The van der Waals surface area contributed by atoms with E-state index in [-0.39, 0.29) is 5.54 Å². The van der Waals surface area contributed by atoms with Crippen molar-refractivity contribution in [3.63, 3.8) is 0 Å². The maximum Gasteiger partial charge on any atom is 0.146 e. The van der Waals surface area contributed by atoms with Gasteiger partial charge in [-0.25, -0.2) is 0 Å². The maximum absolute atomic E-state index is 5.80. The fraction of sp³-hybridized carbons (Fsp3) is 0.600. The fourth-order valence-corrected chi connectivity index (χ4v) is 2.68. The van der Waals surface area contributed by atoms with E-state index in [0.717, 1.165) is 57.2 Å². The zero-order valence-electron chi connectivity index (χ0n) is 11.5. The van der Waals surface area contributed by atoms with Gasteiger partial charge in [-0.05, 0) is 25.8 Å². The first-order chi connectivity index (χ1) is 9.27. The van der Waals surface area contributed by atoms with E-state index in [2.05, 4.69) is 35.8 Å². The van der Waals surface area contributed by atoms with E-state index in [1.165, 1.54) is 5.56 Å². The first kappa shape index (κ1) is 12.8. The smallest absolute Gasteiger partial charge is 0.146 e. The number of nitrogens with one attached hydrogen (secondary N) is 2. The molecule has 0 spiro atoms. The highest BCUT2D eigenvalue weighted by Crippen LogP contribution is 2.31. The largest absolute Gasteiger partial charge is 0.489 e. The van der Waals surface area contributed by atoms with Crippen molar-refractivity contribution in [1.82, 2.24) is 5.32 Å². The molecule has 3 rings (SSSR count). The van der Waals surface area contributed by atoms with E-state index < -0.39 is 0 Å². The molecular formula is C15H22N2O2. The third-order valence-corrected chi connectivity index (χ3v) is 4.06. The number of anilines is 1. The van der Waals surface area contributed by atoms with E-state index in [1.54, 1.807) is 0 Å². The first-order valence-electron chi connectivity index (χ1n) is 7.08. The Kier molecular flexibility index (Phi) is 3.62. The Morgan fingerprint density at radius 1 is 1.26 bits per heavy atom. The molecule has 2 N–H and O–H groups in total. The Labute approximate surface area is 114 Å². The van der Waals surface area contributed by atoms with Crippen LogP contribution >= 0.6 is 0 Å². The summed E-state index contributed by atoms with van der Waals surface area (Å²) >= 11 is 0. The second kappa shape index (κ2) is 5.39. The average Bonchev–Trinajstić information content (AvgIpc) is 2.46. The quantitative estimate of drug-likeness (QED) is 0.876. The van der Waals surface area contributed by atoms with Crippen molar-refractivity contribution in [3.8, 4) is 5.75 Å². The molecule has 1 aromatic rings. The predicted octanol–water partition coefficient (Wildman–Crippen LogP) is 2.15. The molecule has 2 aliphatic heterocycles. The van der Waals surface area contributed by atoms with Crippen LogP contribution in [0.3, 0.4) is 0 Å². The molecule has 0 aromatic heterocycles. The van der Waals surface area contributed by atoms with Crippen LogP contribution in [0.1, 0.15) is 25.3 Å². The molecule has 4 nitrogen and oxygen atoms in total. The van der Waals surface area contributed by atoms with Gasteiger partial charge in [-0.3, -0.25) is 0 Å². The summed E-state index contributed by atoms with van der Waals surface area (Å²) < 4.78 is 11.2. The van der Waals surface area contributed by atoms with Gasteiger partial charge in [0.15, 0.2) is 0 Å². The molecule has 0 unspecified atom stereocenters. The predicted molar refractivity (Wildman–Crippen MR) is 75.7 cm³/mol. The number of hydrogen-bond acceptors (Lipinski definition) is 4. The van der Waals surface area contributed by atoms with Gasteiger partial charge in [0, 0.05) is 37.4 Å². The molecule has 0 amide bonds. The van der Waals surface area contributed by atoms with Crippen molar-refractivity contribution in [2.75, 3.05) is 31.7 Å². The average molecular weight is 262 g/mol. The van der Waals surface area contributed by atoms with Crippen molar-refractivity contribution < 1.29 is 9.47 Å². The Bertz CT molecular complexity index is 442. The summed E-state index contributed by atoms with van der Waals surface area (Å²) in [6.45, 7) is 6.47. The van der Waals surface area contributed by atoms with E-state index in [4.69, 9.17) is 9.47 Å². The number of fused-ring (bicyclic) bond motifs is 1. The van der Waals surface area contributed by atoms with Crippen LogP contribution in [0.15, 0.2) is 18.2 Å². The lowest BCUT2D eigenvalue weighted by atomic mass is 9.92. The maximum atomic E-state index is 5.80. The molecule has 104 valence electrons. The van der Waals surface area contributed by atoms with Gasteiger partial charge in [0.05, 0.1) is 5.69 Å². The minimum absolute atomic E-state index is 0.184. The number of ether oxygens (including phenoxy) is 2. The molecule has 0 saturated carbocycles. The molecule has 1 fully saturated rings. The van der Waals surface area contributed by atoms with Gasteiger partial charge in [-0.1, -0.05) is 12.1 Å². The second-order valence-electron chi connectivity index (χ2n) is 5.60. The van der Waals surface area contributed by atoms with Crippen molar-refractivity contribution in [3.05, 3.63) is 23.8 Å². The number of para-hydroxylation sites is 1. The minimum atomic E-state index is 0.184. The van der Waals surface area contributed by atoms with Crippen molar-refractivity contribution in [1.29, 1.82) is 0 Å². The number of rotatable bonds is 3. The molecule has 2 aliphatic rings. The summed E-state index contributed by atoms with van der Waals surface area (Å²) in [4.78, 5) is 0. The van der Waals surface area contributed by atoms with Crippen molar-refractivity contribution >= 4 is 5.69 Å². The van der Waals surface area contributed by atoms with Gasteiger partial charge in [-0.2, -0.15) is 0 Å². The summed E-state index contributed by atoms with van der Waals surface area (Å²) in [5.41, 5.74) is 2.53. The van der Waals surface area contributed by atoms with Crippen LogP contribution in [0, 0.1) is 0 Å². The molecule has 0 atom stereocenters. The lowest BCUT2D eigenvalue weighted by Gasteiger charge is -2.35. The highest BCUT2D eigenvalue weighted by atomic mass is 16.5. The molecule has 1 aromatic carbocycles. The van der Waals surface area contributed by atoms with Crippen molar-refractivity contribution in [2.45, 2.75) is 31.8 Å². The topological polar surface area (TPSA) is 42.5 Å². The number of hydrogen-bond donors (Lipinski definition) is 2. The van der Waals surface area contributed by atoms with Gasteiger partial charge in [0.25, 0.3) is 0 Å². The minimum Gasteiger partial charge on any atom is -0.489 e. The van der Waals surface area contributed by atoms with Crippen LogP contribution in [0.5, 0.6) is 5.75 Å². The molecule has 2 heterocycles. The Morgan fingerprint density at radius 2 is 2.11 bits per heavy atom. The fourth-order valence-electron chi connectivity index (χ4n) is 2.68. The monoisotopic (exact) mass is 262 g/mol. The highest BCUT2D eigenvalue weighted by Gasteiger charge is 2.27. The van der Waals surface area contributed by atoms with Gasteiger partial charge < -0.3 is 20.1 Å². The summed E-state index contributed by atoms with van der Waals surface area (Å²) in [6, 6.07) is 6.31. The molecule has 0 aliphatic carbocycles. The summed E-state index contributed by atoms with van der Waals surface area (Å²) in [7, 11) is 0. The molecule has 1 saturated heterocycles. The van der Waals surface area contributed by atoms with Gasteiger partial charge >= 0.3 is 0 Å². The SMILES string of the molecule is CC1(NCc2cccc3c2OCCN3)CCOCC1. The van der Waals surface area contributed by atoms with E-state index in [1.807, 2.05) is 0 Å². The van der Waals surface area contributed by atoms with E-state index >= 15 is 0 Å². The Balaban J connectivity index is 1.69. The normalized spacial score (nSPS) is 21.1. The molecule has 0 bridgehead atoms. The summed E-state index contributed by atoms with van der Waals surface area (Å²) in [6.07, 6.45) is 2.14. The zero-order chi connectivity index (χ0) is 13.1. The third-order valence-electron chi connectivity index (χ3n) is 4.06.